The van der Waals surface area contributed by atoms with Crippen molar-refractivity contribution in [3.8, 4) is 5.19 Å². The van der Waals surface area contributed by atoms with Crippen molar-refractivity contribution in [1.29, 1.82) is 0 Å². The zero-order valence-electron chi connectivity index (χ0n) is 19.8. The van der Waals surface area contributed by atoms with Crippen LogP contribution in [0.1, 0.15) is 43.6 Å². The maximum absolute atomic E-state index is 13.9. The number of fused-ring (bicyclic) bond motifs is 1. The number of hydrogen-bond acceptors (Lipinski definition) is 6. The number of pyridine rings is 1. The molecule has 0 aliphatic carbocycles. The van der Waals surface area contributed by atoms with Crippen molar-refractivity contribution < 1.29 is 23.0 Å². The Kier molecular flexibility index (Phi) is 7.85. The Bertz CT molecular complexity index is 1360. The number of thiazole rings is 1. The standard InChI is InChI=1S/C26H24BrF2N3O3S/c1-26(2,3)35-24(33)30-20(11-16-9-17(28)12-18(29)10-16)22-19(27)13-21-23(31-22)32-25(36-21)34-14-15-7-5-4-6-8-15/h4-10,12-13,20H,11,14H2,1-3H3,(H,30,33)/t20-/m0/s1. The molecule has 0 aliphatic rings. The molecule has 1 amide bonds. The summed E-state index contributed by atoms with van der Waals surface area (Å²) in [6.45, 7) is 5.60. The highest BCUT2D eigenvalue weighted by Gasteiger charge is 2.25. The first kappa shape index (κ1) is 26.0. The molecule has 2 aromatic heterocycles. The number of hydrogen-bond donors (Lipinski definition) is 1. The molecule has 10 heteroatoms. The molecule has 2 heterocycles. The number of ether oxygens (including phenoxy) is 2. The van der Waals surface area contributed by atoms with E-state index < -0.39 is 29.4 Å². The minimum Gasteiger partial charge on any atom is -0.465 e. The first-order valence-electron chi connectivity index (χ1n) is 11.1. The predicted octanol–water partition coefficient (Wildman–Crippen LogP) is 7.12. The summed E-state index contributed by atoms with van der Waals surface area (Å²) in [5, 5.41) is 3.24. The van der Waals surface area contributed by atoms with Crippen molar-refractivity contribution in [3.63, 3.8) is 0 Å². The van der Waals surface area contributed by atoms with E-state index in [4.69, 9.17) is 9.47 Å². The fraction of sp³-hybridized carbons (Fsp3) is 0.269. The number of rotatable bonds is 7. The smallest absolute Gasteiger partial charge is 0.408 e. The molecule has 6 nitrogen and oxygen atoms in total. The van der Waals surface area contributed by atoms with Gasteiger partial charge in [0.05, 0.1) is 16.4 Å². The highest BCUT2D eigenvalue weighted by molar-refractivity contribution is 9.10. The largest absolute Gasteiger partial charge is 0.465 e. The summed E-state index contributed by atoms with van der Waals surface area (Å²) in [6, 6.07) is 14.0. The lowest BCUT2D eigenvalue weighted by Crippen LogP contribution is -2.36. The van der Waals surface area contributed by atoms with Crippen LogP contribution in [0.25, 0.3) is 10.3 Å². The van der Waals surface area contributed by atoms with Gasteiger partial charge in [-0.1, -0.05) is 41.7 Å². The Morgan fingerprint density at radius 1 is 1.06 bits per heavy atom. The number of carbonyl (C=O) groups excluding carboxylic acids is 1. The second-order valence-corrected chi connectivity index (χ2v) is 11.0. The summed E-state index contributed by atoms with van der Waals surface area (Å²) in [4.78, 5) is 21.7. The first-order valence-corrected chi connectivity index (χ1v) is 12.7. The summed E-state index contributed by atoms with van der Waals surface area (Å²) >= 11 is 4.88. The molecule has 1 atom stereocenters. The number of nitrogens with one attached hydrogen (secondary N) is 1. The van der Waals surface area contributed by atoms with Crippen LogP contribution in [0.3, 0.4) is 0 Å². The van der Waals surface area contributed by atoms with Crippen molar-refractivity contribution in [3.05, 3.63) is 87.5 Å². The van der Waals surface area contributed by atoms with Crippen LogP contribution in [-0.4, -0.2) is 21.7 Å². The molecule has 0 fully saturated rings. The van der Waals surface area contributed by atoms with E-state index in [1.165, 1.54) is 23.5 Å². The quantitative estimate of drug-likeness (QED) is 0.254. The zero-order chi connectivity index (χ0) is 25.9. The van der Waals surface area contributed by atoms with Gasteiger partial charge in [-0.15, -0.1) is 0 Å². The maximum atomic E-state index is 13.9. The third kappa shape index (κ3) is 6.98. The van der Waals surface area contributed by atoms with Gasteiger partial charge in [0.2, 0.25) is 0 Å². The second-order valence-electron chi connectivity index (χ2n) is 9.11. The Balaban J connectivity index is 1.63. The van der Waals surface area contributed by atoms with Gasteiger partial charge in [0.15, 0.2) is 5.65 Å². The molecular formula is C26H24BrF2N3O3S. The van der Waals surface area contributed by atoms with Crippen LogP contribution in [0.2, 0.25) is 0 Å². The van der Waals surface area contributed by atoms with Crippen molar-refractivity contribution in [1.82, 2.24) is 15.3 Å². The fourth-order valence-electron chi connectivity index (χ4n) is 3.49. The Morgan fingerprint density at radius 2 is 1.75 bits per heavy atom. The topological polar surface area (TPSA) is 73.3 Å². The molecule has 0 spiro atoms. The van der Waals surface area contributed by atoms with Gasteiger partial charge in [0.1, 0.15) is 23.8 Å². The van der Waals surface area contributed by atoms with Gasteiger partial charge in [-0.3, -0.25) is 0 Å². The monoisotopic (exact) mass is 575 g/mol. The predicted molar refractivity (Wildman–Crippen MR) is 138 cm³/mol. The third-order valence-electron chi connectivity index (χ3n) is 4.93. The Morgan fingerprint density at radius 3 is 2.42 bits per heavy atom. The molecule has 0 bridgehead atoms. The van der Waals surface area contributed by atoms with E-state index >= 15 is 0 Å². The van der Waals surface area contributed by atoms with Gasteiger partial charge in [-0.2, -0.15) is 4.98 Å². The molecule has 1 N–H and O–H groups in total. The van der Waals surface area contributed by atoms with Crippen LogP contribution >= 0.6 is 27.3 Å². The Hall–Kier alpha value is -3.11. The van der Waals surface area contributed by atoms with Crippen LogP contribution in [0.15, 0.2) is 59.1 Å². The van der Waals surface area contributed by atoms with Gasteiger partial charge in [-0.05, 0) is 72.4 Å². The molecule has 4 rings (SSSR count). The molecule has 0 saturated heterocycles. The summed E-state index contributed by atoms with van der Waals surface area (Å²) < 4.78 is 40.3. The van der Waals surface area contributed by atoms with Crippen molar-refractivity contribution >= 4 is 43.7 Å². The highest BCUT2D eigenvalue weighted by atomic mass is 79.9. The van der Waals surface area contributed by atoms with Crippen molar-refractivity contribution in [2.24, 2.45) is 0 Å². The van der Waals surface area contributed by atoms with E-state index in [9.17, 15) is 13.6 Å². The lowest BCUT2D eigenvalue weighted by molar-refractivity contribution is 0.0502. The molecule has 2 aromatic carbocycles. The van der Waals surface area contributed by atoms with E-state index in [1.807, 2.05) is 36.4 Å². The summed E-state index contributed by atoms with van der Waals surface area (Å²) in [5.41, 5.74) is 1.51. The average molecular weight is 576 g/mol. The molecule has 188 valence electrons. The first-order chi connectivity index (χ1) is 17.1. The van der Waals surface area contributed by atoms with Crippen molar-refractivity contribution in [2.45, 2.75) is 45.4 Å². The average Bonchev–Trinajstić information content (AvgIpc) is 3.17. The maximum Gasteiger partial charge on any atom is 0.408 e. The number of amides is 1. The SMILES string of the molecule is CC(C)(C)OC(=O)N[C@@H](Cc1cc(F)cc(F)c1)c1nc2nc(OCc3ccccc3)sc2cc1Br. The number of benzene rings is 2. The third-order valence-corrected chi connectivity index (χ3v) is 6.47. The number of halogens is 3. The fourth-order valence-corrected chi connectivity index (χ4v) is 5.03. The molecule has 0 radical (unpaired) electrons. The lowest BCUT2D eigenvalue weighted by Gasteiger charge is -2.24. The number of nitrogens with zero attached hydrogens (tertiary/aromatic N) is 2. The van der Waals surface area contributed by atoms with Crippen LogP contribution in [0.4, 0.5) is 13.6 Å². The molecule has 0 aliphatic heterocycles. The molecule has 4 aromatic rings. The van der Waals surface area contributed by atoms with Gasteiger partial charge in [-0.25, -0.2) is 18.6 Å². The van der Waals surface area contributed by atoms with Crippen molar-refractivity contribution in [2.75, 3.05) is 0 Å². The van der Waals surface area contributed by atoms with Gasteiger partial charge in [0, 0.05) is 10.5 Å². The zero-order valence-corrected chi connectivity index (χ0v) is 22.3. The minimum absolute atomic E-state index is 0.0759. The van der Waals surface area contributed by atoms with Gasteiger partial charge >= 0.3 is 6.09 Å². The number of carbonyl (C=O) groups is 1. The van der Waals surface area contributed by atoms with E-state index in [0.29, 0.717) is 33.2 Å². The van der Waals surface area contributed by atoms with Gasteiger partial charge < -0.3 is 14.8 Å². The molecule has 36 heavy (non-hydrogen) atoms. The summed E-state index contributed by atoms with van der Waals surface area (Å²) in [7, 11) is 0. The van der Waals surface area contributed by atoms with Crippen LogP contribution in [-0.2, 0) is 17.8 Å². The number of aromatic nitrogens is 2. The van der Waals surface area contributed by atoms with Gasteiger partial charge in [0.25, 0.3) is 5.19 Å². The van der Waals surface area contributed by atoms with Crippen LogP contribution in [0.5, 0.6) is 5.19 Å². The summed E-state index contributed by atoms with van der Waals surface area (Å²) in [6.07, 6.45) is -0.602. The van der Waals surface area contributed by atoms with E-state index in [2.05, 4.69) is 31.2 Å². The van der Waals surface area contributed by atoms with Crippen LogP contribution in [0, 0.1) is 11.6 Å². The van der Waals surface area contributed by atoms with E-state index in [0.717, 1.165) is 16.3 Å². The molecule has 0 unspecified atom stereocenters. The van der Waals surface area contributed by atoms with Crippen LogP contribution < -0.4 is 10.1 Å². The highest BCUT2D eigenvalue weighted by Crippen LogP contribution is 2.34. The van der Waals surface area contributed by atoms with E-state index in [-0.39, 0.29) is 6.42 Å². The Labute approximate surface area is 219 Å². The molecule has 0 saturated carbocycles. The normalized spacial score (nSPS) is 12.4. The minimum atomic E-state index is -0.754. The summed E-state index contributed by atoms with van der Waals surface area (Å²) in [5.74, 6) is -1.41. The second kappa shape index (κ2) is 10.9. The molecular weight excluding hydrogens is 552 g/mol. The lowest BCUT2D eigenvalue weighted by atomic mass is 10.0. The number of alkyl carbamates (subject to hydrolysis) is 1. The van der Waals surface area contributed by atoms with E-state index in [1.54, 1.807) is 20.8 Å².